The van der Waals surface area contributed by atoms with Crippen molar-refractivity contribution in [3.63, 3.8) is 0 Å². The van der Waals surface area contributed by atoms with Gasteiger partial charge in [-0.05, 0) is 45.6 Å². The summed E-state index contributed by atoms with van der Waals surface area (Å²) in [7, 11) is 0. The van der Waals surface area contributed by atoms with Crippen LogP contribution in [-0.2, 0) is 4.74 Å². The average Bonchev–Trinajstić information content (AvgIpc) is 2.25. The number of alkyl carbamates (subject to hydrolysis) is 1. The number of aliphatic hydroxyl groups is 1. The van der Waals surface area contributed by atoms with Crippen LogP contribution in [0.2, 0.25) is 0 Å². The smallest absolute Gasteiger partial charge is 0.407 e. The first-order valence-electron chi connectivity index (χ1n) is 6.29. The van der Waals surface area contributed by atoms with E-state index < -0.39 is 11.7 Å². The van der Waals surface area contributed by atoms with E-state index in [-0.39, 0.29) is 12.0 Å². The van der Waals surface area contributed by atoms with E-state index in [0.717, 1.165) is 18.6 Å². The van der Waals surface area contributed by atoms with E-state index in [0.29, 0.717) is 6.54 Å². The molecule has 0 aliphatic carbocycles. The van der Waals surface area contributed by atoms with Crippen LogP contribution in [0.25, 0.3) is 0 Å². The van der Waals surface area contributed by atoms with Gasteiger partial charge >= 0.3 is 6.09 Å². The summed E-state index contributed by atoms with van der Waals surface area (Å²) in [4.78, 5) is 11.5. The number of thioether (sulfide) groups is 1. The number of hydrogen-bond acceptors (Lipinski definition) is 4. The summed E-state index contributed by atoms with van der Waals surface area (Å²) < 4.78 is 5.17. The summed E-state index contributed by atoms with van der Waals surface area (Å²) in [6, 6.07) is 0. The van der Waals surface area contributed by atoms with Crippen LogP contribution in [0.3, 0.4) is 0 Å². The lowest BCUT2D eigenvalue weighted by Crippen LogP contribution is -2.40. The first-order chi connectivity index (χ1) is 8.22. The highest BCUT2D eigenvalue weighted by molar-refractivity contribution is 7.98. The molecule has 0 radical (unpaired) electrons. The minimum Gasteiger partial charge on any atom is -0.444 e. The van der Waals surface area contributed by atoms with Crippen LogP contribution in [0.5, 0.6) is 0 Å². The summed E-state index contributed by atoms with van der Waals surface area (Å²) in [5.41, 5.74) is -0.759. The first kappa shape index (κ1) is 17.6. The number of ether oxygens (including phenoxy) is 1. The van der Waals surface area contributed by atoms with Crippen LogP contribution in [-0.4, -0.2) is 42.0 Å². The minimum atomic E-state index is -0.488. The molecule has 2 N–H and O–H groups in total. The third-order valence-corrected chi connectivity index (χ3v) is 3.27. The van der Waals surface area contributed by atoms with E-state index in [4.69, 9.17) is 4.74 Å². The van der Waals surface area contributed by atoms with Crippen molar-refractivity contribution in [3.05, 3.63) is 0 Å². The highest BCUT2D eigenvalue weighted by Crippen LogP contribution is 2.22. The number of carbonyl (C=O) groups excluding carboxylic acids is 1. The van der Waals surface area contributed by atoms with Crippen molar-refractivity contribution in [2.24, 2.45) is 5.41 Å². The van der Waals surface area contributed by atoms with E-state index in [1.165, 1.54) is 0 Å². The lowest BCUT2D eigenvalue weighted by Gasteiger charge is -2.28. The third-order valence-electron chi connectivity index (χ3n) is 2.57. The maximum absolute atomic E-state index is 11.5. The van der Waals surface area contributed by atoms with Gasteiger partial charge < -0.3 is 15.2 Å². The quantitative estimate of drug-likeness (QED) is 0.702. The second kappa shape index (κ2) is 7.89. The summed E-state index contributed by atoms with van der Waals surface area (Å²) >= 11 is 1.79. The van der Waals surface area contributed by atoms with Crippen molar-refractivity contribution in [1.82, 2.24) is 5.32 Å². The van der Waals surface area contributed by atoms with Crippen LogP contribution >= 0.6 is 11.8 Å². The molecule has 108 valence electrons. The Hall–Kier alpha value is -0.420. The van der Waals surface area contributed by atoms with Crippen molar-refractivity contribution in [2.75, 3.05) is 25.2 Å². The highest BCUT2D eigenvalue weighted by atomic mass is 32.2. The molecular formula is C13H27NO3S. The predicted molar refractivity (Wildman–Crippen MR) is 77.0 cm³/mol. The molecule has 0 heterocycles. The number of nitrogens with one attached hydrogen (secondary N) is 1. The molecule has 18 heavy (non-hydrogen) atoms. The Morgan fingerprint density at radius 1 is 1.33 bits per heavy atom. The average molecular weight is 277 g/mol. The van der Waals surface area contributed by atoms with Crippen molar-refractivity contribution < 1.29 is 14.6 Å². The van der Waals surface area contributed by atoms with Crippen LogP contribution in [0.1, 0.15) is 40.5 Å². The Labute approximate surface area is 115 Å². The van der Waals surface area contributed by atoms with Crippen LogP contribution in [0, 0.1) is 5.41 Å². The Morgan fingerprint density at radius 3 is 2.39 bits per heavy atom. The predicted octanol–water partition coefficient (Wildman–Crippen LogP) is 2.65. The van der Waals surface area contributed by atoms with Crippen LogP contribution in [0.15, 0.2) is 0 Å². The summed E-state index contributed by atoms with van der Waals surface area (Å²) in [6.45, 7) is 7.97. The number of amides is 1. The zero-order chi connectivity index (χ0) is 14.2. The molecule has 0 aromatic rings. The van der Waals surface area contributed by atoms with E-state index in [1.54, 1.807) is 11.8 Å². The standard InChI is InChI=1S/C13H27NO3S/c1-12(2,3)17-11(16)14-9-13(4,10-15)7-6-8-18-5/h15H,6-10H2,1-5H3,(H,14,16). The summed E-state index contributed by atoms with van der Waals surface area (Å²) in [5, 5.41) is 12.2. The van der Waals surface area contributed by atoms with Gasteiger partial charge in [0.2, 0.25) is 0 Å². The van der Waals surface area contributed by atoms with Gasteiger partial charge in [0, 0.05) is 12.0 Å². The van der Waals surface area contributed by atoms with Gasteiger partial charge in [-0.3, -0.25) is 0 Å². The van der Waals surface area contributed by atoms with Crippen LogP contribution < -0.4 is 5.32 Å². The summed E-state index contributed by atoms with van der Waals surface area (Å²) in [5.74, 6) is 1.07. The van der Waals surface area contributed by atoms with Gasteiger partial charge in [0.1, 0.15) is 5.60 Å². The zero-order valence-electron chi connectivity index (χ0n) is 12.2. The fourth-order valence-corrected chi connectivity index (χ4v) is 1.90. The fourth-order valence-electron chi connectivity index (χ4n) is 1.47. The van der Waals surface area contributed by atoms with Crippen molar-refractivity contribution in [3.8, 4) is 0 Å². The maximum Gasteiger partial charge on any atom is 0.407 e. The minimum absolute atomic E-state index is 0.0666. The van der Waals surface area contributed by atoms with Gasteiger partial charge in [0.25, 0.3) is 0 Å². The molecule has 0 aliphatic rings. The Balaban J connectivity index is 4.08. The molecule has 0 fully saturated rings. The number of carbonyl (C=O) groups is 1. The second-order valence-corrected chi connectivity index (χ2v) is 6.91. The van der Waals surface area contributed by atoms with Gasteiger partial charge in [-0.15, -0.1) is 0 Å². The molecule has 1 amide bonds. The molecule has 0 rings (SSSR count). The van der Waals surface area contributed by atoms with E-state index >= 15 is 0 Å². The van der Waals surface area contributed by atoms with Gasteiger partial charge in [-0.2, -0.15) is 11.8 Å². The molecule has 0 aromatic carbocycles. The summed E-state index contributed by atoms with van der Waals surface area (Å²) in [6.07, 6.45) is 3.57. The maximum atomic E-state index is 11.5. The Bertz CT molecular complexity index is 253. The molecule has 5 heteroatoms. The number of rotatable bonds is 7. The van der Waals surface area contributed by atoms with Crippen molar-refractivity contribution in [1.29, 1.82) is 0 Å². The molecule has 1 unspecified atom stereocenters. The van der Waals surface area contributed by atoms with E-state index in [1.807, 2.05) is 27.7 Å². The van der Waals surface area contributed by atoms with Crippen molar-refractivity contribution >= 4 is 17.9 Å². The van der Waals surface area contributed by atoms with E-state index in [2.05, 4.69) is 11.6 Å². The monoisotopic (exact) mass is 277 g/mol. The van der Waals surface area contributed by atoms with Gasteiger partial charge in [0.05, 0.1) is 6.61 Å². The van der Waals surface area contributed by atoms with E-state index in [9.17, 15) is 9.90 Å². The zero-order valence-corrected chi connectivity index (χ0v) is 13.0. The molecule has 0 spiro atoms. The third kappa shape index (κ3) is 8.64. The molecule has 0 saturated carbocycles. The lowest BCUT2D eigenvalue weighted by molar-refractivity contribution is 0.0472. The fraction of sp³-hybridized carbons (Fsp3) is 0.923. The van der Waals surface area contributed by atoms with Crippen molar-refractivity contribution in [2.45, 2.75) is 46.1 Å². The molecule has 0 bridgehead atoms. The second-order valence-electron chi connectivity index (χ2n) is 5.92. The lowest BCUT2D eigenvalue weighted by atomic mass is 9.86. The molecule has 4 nitrogen and oxygen atoms in total. The first-order valence-corrected chi connectivity index (χ1v) is 7.68. The number of aliphatic hydroxyl groups excluding tert-OH is 1. The normalized spacial score (nSPS) is 15.0. The van der Waals surface area contributed by atoms with Gasteiger partial charge in [-0.25, -0.2) is 4.79 Å². The highest BCUT2D eigenvalue weighted by Gasteiger charge is 2.25. The van der Waals surface area contributed by atoms with Gasteiger partial charge in [-0.1, -0.05) is 6.92 Å². The largest absolute Gasteiger partial charge is 0.444 e. The molecule has 0 aromatic heterocycles. The SMILES string of the molecule is CSCCCC(C)(CO)CNC(=O)OC(C)(C)C. The Kier molecular flexibility index (Phi) is 7.71. The molecular weight excluding hydrogens is 250 g/mol. The van der Waals surface area contributed by atoms with Gasteiger partial charge in [0.15, 0.2) is 0 Å². The molecule has 0 aliphatic heterocycles. The molecule has 0 saturated heterocycles. The van der Waals surface area contributed by atoms with Crippen LogP contribution in [0.4, 0.5) is 4.79 Å². The molecule has 1 atom stereocenters. The topological polar surface area (TPSA) is 58.6 Å². The Morgan fingerprint density at radius 2 is 1.94 bits per heavy atom. The number of hydrogen-bond donors (Lipinski definition) is 2.